The number of hydrogen-bond acceptors (Lipinski definition) is 4. The van der Waals surface area contributed by atoms with E-state index >= 15 is 0 Å². The quantitative estimate of drug-likeness (QED) is 0.789. The van der Waals surface area contributed by atoms with E-state index in [1.54, 1.807) is 24.3 Å². The number of sulfonamides is 1. The highest BCUT2D eigenvalue weighted by Crippen LogP contribution is 2.23. The van der Waals surface area contributed by atoms with Crippen molar-refractivity contribution in [1.82, 2.24) is 4.31 Å². The topological polar surface area (TPSA) is 75.7 Å². The third kappa shape index (κ3) is 4.12. The first-order valence-corrected chi connectivity index (χ1v) is 10.1. The number of anilines is 1. The molecule has 1 fully saturated rings. The fraction of sp³-hybridized carbons (Fsp3) is 0.235. The summed E-state index contributed by atoms with van der Waals surface area (Å²) in [6.45, 7) is 0.806. The zero-order valence-electron chi connectivity index (χ0n) is 13.6. The maximum absolute atomic E-state index is 14.2. The molecule has 6 nitrogen and oxygen atoms in total. The van der Waals surface area contributed by atoms with Gasteiger partial charge in [-0.2, -0.15) is 4.31 Å². The van der Waals surface area contributed by atoms with Crippen molar-refractivity contribution >= 4 is 37.5 Å². The van der Waals surface area contributed by atoms with E-state index in [1.165, 1.54) is 6.07 Å². The summed E-state index contributed by atoms with van der Waals surface area (Å²) in [5, 5.41) is 2.66. The second-order valence-corrected chi connectivity index (χ2v) is 8.45. The van der Waals surface area contributed by atoms with Gasteiger partial charge in [0, 0.05) is 28.8 Å². The van der Waals surface area contributed by atoms with E-state index in [-0.39, 0.29) is 31.9 Å². The van der Waals surface area contributed by atoms with Crippen LogP contribution >= 0.6 is 15.9 Å². The lowest BCUT2D eigenvalue weighted by Crippen LogP contribution is -2.41. The largest absolute Gasteiger partial charge is 0.379 e. The van der Waals surface area contributed by atoms with Gasteiger partial charge in [0.2, 0.25) is 10.0 Å². The van der Waals surface area contributed by atoms with Gasteiger partial charge in [0.15, 0.2) is 0 Å². The van der Waals surface area contributed by atoms with Crippen LogP contribution in [0.4, 0.5) is 10.1 Å². The Bertz CT molecular complexity index is 930. The number of morpholine rings is 1. The number of carbonyl (C=O) groups is 1. The van der Waals surface area contributed by atoms with Crippen LogP contribution in [0, 0.1) is 5.82 Å². The summed E-state index contributed by atoms with van der Waals surface area (Å²) in [4.78, 5) is 11.9. The first-order chi connectivity index (χ1) is 12.4. The Kier molecular flexibility index (Phi) is 5.71. The van der Waals surface area contributed by atoms with Gasteiger partial charge in [-0.25, -0.2) is 12.8 Å². The second-order valence-electron chi connectivity index (χ2n) is 5.63. The molecule has 0 aliphatic carbocycles. The van der Waals surface area contributed by atoms with Crippen LogP contribution in [0.1, 0.15) is 10.4 Å². The molecule has 1 N–H and O–H groups in total. The Hall–Kier alpha value is -1.81. The summed E-state index contributed by atoms with van der Waals surface area (Å²) >= 11 is 3.30. The minimum absolute atomic E-state index is 0.0539. The third-order valence-corrected chi connectivity index (χ3v) is 6.27. The van der Waals surface area contributed by atoms with Crippen molar-refractivity contribution < 1.29 is 22.3 Å². The number of ether oxygens (including phenoxy) is 1. The Morgan fingerprint density at radius 3 is 2.58 bits per heavy atom. The second kappa shape index (κ2) is 7.83. The maximum atomic E-state index is 14.2. The van der Waals surface area contributed by atoms with Crippen molar-refractivity contribution in [1.29, 1.82) is 0 Å². The van der Waals surface area contributed by atoms with Crippen LogP contribution in [0.15, 0.2) is 51.8 Å². The molecule has 3 rings (SSSR count). The summed E-state index contributed by atoms with van der Waals surface area (Å²) in [5.74, 6) is -1.42. The highest BCUT2D eigenvalue weighted by atomic mass is 79.9. The molecule has 0 atom stereocenters. The van der Waals surface area contributed by atoms with E-state index in [4.69, 9.17) is 4.74 Å². The number of carbonyl (C=O) groups excluding carboxylic acids is 1. The number of halogens is 2. The van der Waals surface area contributed by atoms with E-state index < -0.39 is 26.6 Å². The smallest absolute Gasteiger partial charge is 0.255 e. The lowest BCUT2D eigenvalue weighted by atomic mass is 10.2. The van der Waals surface area contributed by atoms with Crippen LogP contribution in [0.25, 0.3) is 0 Å². The van der Waals surface area contributed by atoms with Crippen molar-refractivity contribution in [3.63, 3.8) is 0 Å². The van der Waals surface area contributed by atoms with Crippen molar-refractivity contribution in [3.05, 3.63) is 58.3 Å². The van der Waals surface area contributed by atoms with Crippen molar-refractivity contribution in [2.24, 2.45) is 0 Å². The molecule has 1 heterocycles. The number of hydrogen-bond donors (Lipinski definition) is 1. The molecule has 0 bridgehead atoms. The molecule has 26 heavy (non-hydrogen) atoms. The van der Waals surface area contributed by atoms with Gasteiger partial charge in [-0.05, 0) is 36.4 Å². The first-order valence-electron chi connectivity index (χ1n) is 7.82. The molecule has 2 aromatic rings. The summed E-state index contributed by atoms with van der Waals surface area (Å²) < 4.78 is 46.6. The van der Waals surface area contributed by atoms with E-state index in [1.807, 2.05) is 0 Å². The summed E-state index contributed by atoms with van der Waals surface area (Å²) in [6, 6.07) is 10.3. The van der Waals surface area contributed by atoms with Crippen LogP contribution in [-0.4, -0.2) is 44.9 Å². The fourth-order valence-corrected chi connectivity index (χ4v) is 4.44. The molecule has 1 amide bonds. The first kappa shape index (κ1) is 19.0. The minimum Gasteiger partial charge on any atom is -0.379 e. The molecular weight excluding hydrogens is 427 g/mol. The van der Waals surface area contributed by atoms with Crippen molar-refractivity contribution in [2.75, 3.05) is 31.6 Å². The van der Waals surface area contributed by atoms with Gasteiger partial charge in [0.25, 0.3) is 5.91 Å². The molecule has 9 heteroatoms. The van der Waals surface area contributed by atoms with E-state index in [9.17, 15) is 17.6 Å². The molecule has 1 aliphatic heterocycles. The minimum atomic E-state index is -4.04. The molecule has 0 spiro atoms. The summed E-state index contributed by atoms with van der Waals surface area (Å²) in [6.07, 6.45) is 0. The molecule has 1 saturated heterocycles. The lowest BCUT2D eigenvalue weighted by molar-refractivity contribution is 0.0729. The average molecular weight is 443 g/mol. The predicted molar refractivity (Wildman–Crippen MR) is 98.1 cm³/mol. The standard InChI is InChI=1S/C17H16BrFN2O4S/c18-13-2-1-3-14(11-13)20-17(22)12-4-5-15(19)16(10-12)26(23,24)21-6-8-25-9-7-21/h1-5,10-11H,6-9H2,(H,20,22). The average Bonchev–Trinajstić information content (AvgIpc) is 2.62. The lowest BCUT2D eigenvalue weighted by Gasteiger charge is -2.26. The molecule has 0 aromatic heterocycles. The summed E-state index contributed by atoms with van der Waals surface area (Å²) in [5.41, 5.74) is 0.587. The highest BCUT2D eigenvalue weighted by Gasteiger charge is 2.29. The Labute approximate surface area is 159 Å². The van der Waals surface area contributed by atoms with E-state index in [2.05, 4.69) is 21.2 Å². The van der Waals surface area contributed by atoms with Gasteiger partial charge in [-0.1, -0.05) is 22.0 Å². The number of benzene rings is 2. The number of nitrogens with zero attached hydrogens (tertiary/aromatic N) is 1. The van der Waals surface area contributed by atoms with Gasteiger partial charge in [-0.3, -0.25) is 4.79 Å². The van der Waals surface area contributed by atoms with Crippen LogP contribution in [0.3, 0.4) is 0 Å². The normalized spacial score (nSPS) is 15.6. The van der Waals surface area contributed by atoms with Crippen LogP contribution in [-0.2, 0) is 14.8 Å². The third-order valence-electron chi connectivity index (χ3n) is 3.86. The Balaban J connectivity index is 1.88. The SMILES string of the molecule is O=C(Nc1cccc(Br)c1)c1ccc(F)c(S(=O)(=O)N2CCOCC2)c1. The monoisotopic (exact) mass is 442 g/mol. The van der Waals surface area contributed by atoms with Crippen molar-refractivity contribution in [2.45, 2.75) is 4.90 Å². The predicted octanol–water partition coefficient (Wildman–Crippen LogP) is 2.86. The zero-order chi connectivity index (χ0) is 18.7. The molecule has 0 unspecified atom stereocenters. The van der Waals surface area contributed by atoms with Gasteiger partial charge in [0.05, 0.1) is 13.2 Å². The Morgan fingerprint density at radius 1 is 1.15 bits per heavy atom. The highest BCUT2D eigenvalue weighted by molar-refractivity contribution is 9.10. The number of amides is 1. The molecule has 2 aromatic carbocycles. The van der Waals surface area contributed by atoms with Crippen molar-refractivity contribution in [3.8, 4) is 0 Å². The number of nitrogens with one attached hydrogen (secondary N) is 1. The molecular formula is C17H16BrFN2O4S. The maximum Gasteiger partial charge on any atom is 0.255 e. The van der Waals surface area contributed by atoms with Crippen LogP contribution in [0.5, 0.6) is 0 Å². The van der Waals surface area contributed by atoms with Crippen LogP contribution in [0.2, 0.25) is 0 Å². The Morgan fingerprint density at radius 2 is 1.88 bits per heavy atom. The fourth-order valence-electron chi connectivity index (χ4n) is 2.54. The van der Waals surface area contributed by atoms with Gasteiger partial charge < -0.3 is 10.1 Å². The molecule has 0 saturated carbocycles. The van der Waals surface area contributed by atoms with Gasteiger partial charge >= 0.3 is 0 Å². The van der Waals surface area contributed by atoms with E-state index in [0.29, 0.717) is 5.69 Å². The number of rotatable bonds is 4. The van der Waals surface area contributed by atoms with E-state index in [0.717, 1.165) is 20.9 Å². The van der Waals surface area contributed by atoms with Gasteiger partial charge in [-0.15, -0.1) is 0 Å². The zero-order valence-corrected chi connectivity index (χ0v) is 16.0. The molecule has 0 radical (unpaired) electrons. The molecule has 138 valence electrons. The summed E-state index contributed by atoms with van der Waals surface area (Å²) in [7, 11) is -4.04. The van der Waals surface area contributed by atoms with Gasteiger partial charge in [0.1, 0.15) is 10.7 Å². The van der Waals surface area contributed by atoms with Crippen LogP contribution < -0.4 is 5.32 Å². The molecule has 1 aliphatic rings.